The summed E-state index contributed by atoms with van der Waals surface area (Å²) in [5, 5.41) is 0. The van der Waals surface area contributed by atoms with Gasteiger partial charge in [0.2, 0.25) is 0 Å². The average molecular weight is 231 g/mol. The van der Waals surface area contributed by atoms with Gasteiger partial charge in [-0.1, -0.05) is 12.1 Å². The van der Waals surface area contributed by atoms with Crippen molar-refractivity contribution in [3.05, 3.63) is 54.0 Å². The van der Waals surface area contributed by atoms with Gasteiger partial charge in [0.05, 0.1) is 12.2 Å². The van der Waals surface area contributed by atoms with Gasteiger partial charge in [0, 0.05) is 12.7 Å². The smallest absolute Gasteiger partial charge is 0.125 e. The molecule has 0 spiro atoms. The van der Waals surface area contributed by atoms with Crippen LogP contribution in [0.15, 0.2) is 42.5 Å². The number of aromatic nitrogens is 1. The van der Waals surface area contributed by atoms with Crippen LogP contribution < -0.4 is 10.6 Å². The normalized spacial score (nSPS) is 10.2. The standard InChI is InChI=1S/C13H14FN3/c1-17(12-6-2-4-10(14)8-12)9-11-5-3-7-13(15)16-11/h2-8H,9H2,1H3,(H2,15,16). The Balaban J connectivity index is 2.14. The number of benzene rings is 1. The molecular formula is C13H14FN3. The van der Waals surface area contributed by atoms with Crippen molar-refractivity contribution in [1.29, 1.82) is 0 Å². The van der Waals surface area contributed by atoms with Gasteiger partial charge >= 0.3 is 0 Å². The maximum absolute atomic E-state index is 13.1. The number of nitrogens with zero attached hydrogens (tertiary/aromatic N) is 2. The van der Waals surface area contributed by atoms with E-state index in [1.165, 1.54) is 12.1 Å². The highest BCUT2D eigenvalue weighted by molar-refractivity contribution is 5.46. The Kier molecular flexibility index (Phi) is 3.23. The molecule has 3 nitrogen and oxygen atoms in total. The summed E-state index contributed by atoms with van der Waals surface area (Å²) in [5.74, 6) is 0.255. The molecule has 88 valence electrons. The number of nitrogens with two attached hydrogens (primary N) is 1. The van der Waals surface area contributed by atoms with Crippen molar-refractivity contribution in [3.8, 4) is 0 Å². The molecule has 0 aliphatic carbocycles. The van der Waals surface area contributed by atoms with E-state index in [0.29, 0.717) is 12.4 Å². The Morgan fingerprint density at radius 3 is 2.71 bits per heavy atom. The number of pyridine rings is 1. The quantitative estimate of drug-likeness (QED) is 0.882. The SMILES string of the molecule is CN(Cc1cccc(N)n1)c1cccc(F)c1. The molecule has 0 saturated carbocycles. The lowest BCUT2D eigenvalue weighted by Gasteiger charge is -2.18. The molecule has 0 unspecified atom stereocenters. The van der Waals surface area contributed by atoms with Crippen LogP contribution in [0, 0.1) is 5.82 Å². The highest BCUT2D eigenvalue weighted by atomic mass is 19.1. The topological polar surface area (TPSA) is 42.1 Å². The van der Waals surface area contributed by atoms with Crippen LogP contribution in [-0.2, 0) is 6.54 Å². The van der Waals surface area contributed by atoms with Crippen molar-refractivity contribution in [3.63, 3.8) is 0 Å². The number of hydrogen-bond donors (Lipinski definition) is 1. The Morgan fingerprint density at radius 2 is 2.00 bits per heavy atom. The van der Waals surface area contributed by atoms with Crippen molar-refractivity contribution >= 4 is 11.5 Å². The van der Waals surface area contributed by atoms with E-state index in [1.54, 1.807) is 12.1 Å². The summed E-state index contributed by atoms with van der Waals surface area (Å²) >= 11 is 0. The Hall–Kier alpha value is -2.10. The van der Waals surface area contributed by atoms with E-state index < -0.39 is 0 Å². The Labute approximate surface area is 99.7 Å². The van der Waals surface area contributed by atoms with Gasteiger partial charge in [0.15, 0.2) is 0 Å². The van der Waals surface area contributed by atoms with Gasteiger partial charge in [-0.3, -0.25) is 0 Å². The molecule has 0 atom stereocenters. The molecule has 4 heteroatoms. The first-order chi connectivity index (χ1) is 8.15. The number of halogens is 1. The monoisotopic (exact) mass is 231 g/mol. The summed E-state index contributed by atoms with van der Waals surface area (Å²) in [5.41, 5.74) is 7.28. The van der Waals surface area contributed by atoms with E-state index in [-0.39, 0.29) is 5.82 Å². The first-order valence-electron chi connectivity index (χ1n) is 5.33. The Bertz CT molecular complexity index is 514. The minimum atomic E-state index is -0.241. The summed E-state index contributed by atoms with van der Waals surface area (Å²) in [6.45, 7) is 0.592. The van der Waals surface area contributed by atoms with E-state index in [1.807, 2.05) is 30.1 Å². The van der Waals surface area contributed by atoms with Crippen LogP contribution >= 0.6 is 0 Å². The van der Waals surface area contributed by atoms with Gasteiger partial charge < -0.3 is 10.6 Å². The molecule has 0 aliphatic rings. The first-order valence-corrected chi connectivity index (χ1v) is 5.33. The molecule has 0 saturated heterocycles. The van der Waals surface area contributed by atoms with Gasteiger partial charge in [-0.15, -0.1) is 0 Å². The van der Waals surface area contributed by atoms with Crippen LogP contribution in [0.25, 0.3) is 0 Å². The number of anilines is 2. The summed E-state index contributed by atoms with van der Waals surface area (Å²) < 4.78 is 13.1. The van der Waals surface area contributed by atoms with Gasteiger partial charge in [-0.2, -0.15) is 0 Å². The predicted octanol–water partition coefficient (Wildman–Crippen LogP) is 2.44. The van der Waals surface area contributed by atoms with E-state index in [0.717, 1.165) is 11.4 Å². The van der Waals surface area contributed by atoms with Gasteiger partial charge in [-0.05, 0) is 30.3 Å². The lowest BCUT2D eigenvalue weighted by Crippen LogP contribution is -2.17. The van der Waals surface area contributed by atoms with Crippen molar-refractivity contribution in [2.24, 2.45) is 0 Å². The second-order valence-electron chi connectivity index (χ2n) is 3.89. The van der Waals surface area contributed by atoms with Crippen LogP contribution in [0.5, 0.6) is 0 Å². The fraction of sp³-hybridized carbons (Fsp3) is 0.154. The zero-order valence-electron chi connectivity index (χ0n) is 9.60. The van der Waals surface area contributed by atoms with E-state index in [2.05, 4.69) is 4.98 Å². The number of hydrogen-bond acceptors (Lipinski definition) is 3. The molecule has 0 bridgehead atoms. The maximum Gasteiger partial charge on any atom is 0.125 e. The van der Waals surface area contributed by atoms with E-state index in [9.17, 15) is 4.39 Å². The minimum absolute atomic E-state index is 0.241. The first kappa shape index (κ1) is 11.4. The van der Waals surface area contributed by atoms with Crippen LogP contribution in [0.4, 0.5) is 15.9 Å². The minimum Gasteiger partial charge on any atom is -0.384 e. The lowest BCUT2D eigenvalue weighted by atomic mass is 10.2. The fourth-order valence-electron chi connectivity index (χ4n) is 1.63. The van der Waals surface area contributed by atoms with Crippen LogP contribution in [-0.4, -0.2) is 12.0 Å². The summed E-state index contributed by atoms with van der Waals surface area (Å²) in [4.78, 5) is 6.12. The second kappa shape index (κ2) is 4.82. The summed E-state index contributed by atoms with van der Waals surface area (Å²) in [6, 6.07) is 12.0. The molecule has 0 amide bonds. The second-order valence-corrected chi connectivity index (χ2v) is 3.89. The largest absolute Gasteiger partial charge is 0.384 e. The number of rotatable bonds is 3. The molecular weight excluding hydrogens is 217 g/mol. The molecule has 1 heterocycles. The van der Waals surface area contributed by atoms with E-state index in [4.69, 9.17) is 5.73 Å². The molecule has 0 aliphatic heterocycles. The molecule has 2 rings (SSSR count). The Morgan fingerprint density at radius 1 is 1.24 bits per heavy atom. The zero-order chi connectivity index (χ0) is 12.3. The van der Waals surface area contributed by atoms with Crippen molar-refractivity contribution in [1.82, 2.24) is 4.98 Å². The number of nitrogen functional groups attached to an aromatic ring is 1. The highest BCUT2D eigenvalue weighted by Gasteiger charge is 2.04. The summed E-state index contributed by atoms with van der Waals surface area (Å²) in [6.07, 6.45) is 0. The third-order valence-electron chi connectivity index (χ3n) is 2.48. The predicted molar refractivity (Wildman–Crippen MR) is 67.2 cm³/mol. The average Bonchev–Trinajstić information content (AvgIpc) is 2.29. The van der Waals surface area contributed by atoms with Gasteiger partial charge in [0.25, 0.3) is 0 Å². The molecule has 0 radical (unpaired) electrons. The summed E-state index contributed by atoms with van der Waals surface area (Å²) in [7, 11) is 1.89. The molecule has 0 fully saturated rings. The van der Waals surface area contributed by atoms with Crippen molar-refractivity contribution in [2.45, 2.75) is 6.54 Å². The molecule has 2 N–H and O–H groups in total. The van der Waals surface area contributed by atoms with Gasteiger partial charge in [-0.25, -0.2) is 9.37 Å². The highest BCUT2D eigenvalue weighted by Crippen LogP contribution is 2.16. The third-order valence-corrected chi connectivity index (χ3v) is 2.48. The fourth-order valence-corrected chi connectivity index (χ4v) is 1.63. The molecule has 17 heavy (non-hydrogen) atoms. The maximum atomic E-state index is 13.1. The van der Waals surface area contributed by atoms with Crippen molar-refractivity contribution < 1.29 is 4.39 Å². The van der Waals surface area contributed by atoms with Gasteiger partial charge in [0.1, 0.15) is 11.6 Å². The third kappa shape index (κ3) is 2.93. The van der Waals surface area contributed by atoms with E-state index >= 15 is 0 Å². The van der Waals surface area contributed by atoms with Crippen LogP contribution in [0.3, 0.4) is 0 Å². The lowest BCUT2D eigenvalue weighted by molar-refractivity contribution is 0.627. The zero-order valence-corrected chi connectivity index (χ0v) is 9.60. The molecule has 1 aromatic heterocycles. The molecule has 2 aromatic rings. The van der Waals surface area contributed by atoms with Crippen LogP contribution in [0.2, 0.25) is 0 Å². The van der Waals surface area contributed by atoms with Crippen LogP contribution in [0.1, 0.15) is 5.69 Å². The molecule has 1 aromatic carbocycles. The van der Waals surface area contributed by atoms with Crippen molar-refractivity contribution in [2.75, 3.05) is 17.7 Å².